The second kappa shape index (κ2) is 8.69. The van der Waals surface area contributed by atoms with E-state index in [1.54, 1.807) is 6.07 Å². The van der Waals surface area contributed by atoms with Crippen LogP contribution < -0.4 is 15.4 Å². The van der Waals surface area contributed by atoms with Crippen molar-refractivity contribution in [3.63, 3.8) is 0 Å². The van der Waals surface area contributed by atoms with E-state index in [2.05, 4.69) is 15.5 Å². The summed E-state index contributed by atoms with van der Waals surface area (Å²) >= 11 is 0. The molecule has 2 fully saturated rings. The van der Waals surface area contributed by atoms with Crippen molar-refractivity contribution in [2.45, 2.75) is 64.1 Å². The fourth-order valence-corrected chi connectivity index (χ4v) is 4.59. The van der Waals surface area contributed by atoms with Gasteiger partial charge in [0.2, 0.25) is 5.91 Å². The van der Waals surface area contributed by atoms with E-state index in [4.69, 9.17) is 4.74 Å². The summed E-state index contributed by atoms with van der Waals surface area (Å²) in [4.78, 5) is 27.1. The highest BCUT2D eigenvalue weighted by Crippen LogP contribution is 2.38. The molecule has 2 heterocycles. The molecule has 2 bridgehead atoms. The number of carbonyl (C=O) groups is 2. The molecule has 0 aliphatic carbocycles. The number of rotatable bonds is 6. The summed E-state index contributed by atoms with van der Waals surface area (Å²) in [6.07, 6.45) is 4.12. The van der Waals surface area contributed by atoms with Crippen LogP contribution in [0.25, 0.3) is 0 Å². The number of benzene rings is 1. The van der Waals surface area contributed by atoms with Gasteiger partial charge in [-0.25, -0.2) is 4.39 Å². The largest absolute Gasteiger partial charge is 0.497 e. The van der Waals surface area contributed by atoms with Crippen molar-refractivity contribution in [2.75, 3.05) is 20.2 Å². The molecule has 0 spiro atoms. The van der Waals surface area contributed by atoms with Crippen molar-refractivity contribution in [2.24, 2.45) is 5.92 Å². The molecule has 3 rings (SSSR count). The number of fused-ring (bicyclic) bond motifs is 2. The number of methoxy groups -OCH3 is 1. The van der Waals surface area contributed by atoms with E-state index in [0.29, 0.717) is 36.8 Å². The third kappa shape index (κ3) is 5.69. The van der Waals surface area contributed by atoms with Crippen LogP contribution in [0.15, 0.2) is 18.2 Å². The van der Waals surface area contributed by atoms with Gasteiger partial charge in [-0.1, -0.05) is 0 Å². The first-order chi connectivity index (χ1) is 13.6. The van der Waals surface area contributed by atoms with E-state index in [1.165, 1.54) is 19.2 Å². The Hall–Kier alpha value is -2.15. The number of nitrogens with one attached hydrogen (secondary N) is 2. The molecule has 6 nitrogen and oxygen atoms in total. The highest BCUT2D eigenvalue weighted by Gasteiger charge is 2.41. The molecule has 0 radical (unpaired) electrons. The minimum Gasteiger partial charge on any atom is -0.497 e. The molecule has 2 N–H and O–H groups in total. The van der Waals surface area contributed by atoms with Crippen molar-refractivity contribution >= 4 is 11.8 Å². The van der Waals surface area contributed by atoms with Crippen molar-refractivity contribution in [3.05, 3.63) is 29.6 Å². The van der Waals surface area contributed by atoms with Crippen LogP contribution in [0, 0.1) is 11.7 Å². The number of ether oxygens (including phenoxy) is 1. The zero-order chi connectivity index (χ0) is 21.2. The van der Waals surface area contributed by atoms with Gasteiger partial charge >= 0.3 is 0 Å². The van der Waals surface area contributed by atoms with Gasteiger partial charge in [-0.3, -0.25) is 14.5 Å². The molecule has 7 heteroatoms. The van der Waals surface area contributed by atoms with E-state index < -0.39 is 5.82 Å². The summed E-state index contributed by atoms with van der Waals surface area (Å²) < 4.78 is 18.7. The summed E-state index contributed by atoms with van der Waals surface area (Å²) in [5.74, 6) is -0.0124. The normalized spacial score (nSPS) is 24.2. The van der Waals surface area contributed by atoms with Gasteiger partial charge in [-0.05, 0) is 64.5 Å². The third-order valence-electron chi connectivity index (χ3n) is 5.74. The highest BCUT2D eigenvalue weighted by molar-refractivity contribution is 5.94. The monoisotopic (exact) mass is 405 g/mol. The van der Waals surface area contributed by atoms with E-state index in [1.807, 2.05) is 20.8 Å². The molecule has 2 aliphatic rings. The van der Waals surface area contributed by atoms with Crippen LogP contribution in [0.4, 0.5) is 4.39 Å². The van der Waals surface area contributed by atoms with Crippen LogP contribution in [0.5, 0.6) is 5.75 Å². The Morgan fingerprint density at radius 1 is 1.17 bits per heavy atom. The second-order valence-corrected chi connectivity index (χ2v) is 9.28. The highest BCUT2D eigenvalue weighted by atomic mass is 19.1. The predicted octanol–water partition coefficient (Wildman–Crippen LogP) is 2.72. The Balaban J connectivity index is 1.52. The summed E-state index contributed by atoms with van der Waals surface area (Å²) in [7, 11) is 1.45. The quantitative estimate of drug-likeness (QED) is 0.764. The average Bonchev–Trinajstić information content (AvgIpc) is 2.86. The first-order valence-electron chi connectivity index (χ1n) is 10.3. The zero-order valence-corrected chi connectivity index (χ0v) is 17.8. The maximum Gasteiger partial charge on any atom is 0.251 e. The lowest BCUT2D eigenvalue weighted by Gasteiger charge is -2.39. The number of halogens is 1. The molecule has 29 heavy (non-hydrogen) atoms. The lowest BCUT2D eigenvalue weighted by molar-refractivity contribution is -0.125. The molecule has 2 amide bonds. The number of nitrogens with zero attached hydrogens (tertiary/aromatic N) is 1. The molecule has 1 unspecified atom stereocenters. The summed E-state index contributed by atoms with van der Waals surface area (Å²) in [6, 6.07) is 4.78. The molecule has 1 aromatic carbocycles. The van der Waals surface area contributed by atoms with Gasteiger partial charge in [0.05, 0.1) is 13.7 Å². The topological polar surface area (TPSA) is 70.7 Å². The molecule has 3 atom stereocenters. The van der Waals surface area contributed by atoms with Crippen LogP contribution in [-0.4, -0.2) is 54.5 Å². The van der Waals surface area contributed by atoms with Gasteiger partial charge in [0, 0.05) is 35.8 Å². The van der Waals surface area contributed by atoms with Crippen LogP contribution in [0.2, 0.25) is 0 Å². The van der Waals surface area contributed by atoms with Crippen LogP contribution >= 0.6 is 0 Å². The van der Waals surface area contributed by atoms with Gasteiger partial charge in [0.25, 0.3) is 5.91 Å². The summed E-state index contributed by atoms with van der Waals surface area (Å²) in [6.45, 7) is 6.97. The number of amides is 2. The molecule has 2 aliphatic heterocycles. The van der Waals surface area contributed by atoms with Crippen molar-refractivity contribution in [1.82, 2.24) is 15.5 Å². The minimum atomic E-state index is -0.491. The Morgan fingerprint density at radius 2 is 1.83 bits per heavy atom. The predicted molar refractivity (Wildman–Crippen MR) is 109 cm³/mol. The van der Waals surface area contributed by atoms with Crippen LogP contribution in [-0.2, 0) is 4.79 Å². The Morgan fingerprint density at radius 3 is 2.41 bits per heavy atom. The third-order valence-corrected chi connectivity index (χ3v) is 5.74. The molecular weight excluding hydrogens is 373 g/mol. The maximum absolute atomic E-state index is 13.6. The Labute approximate surface area is 172 Å². The lowest BCUT2D eigenvalue weighted by atomic mass is 9.90. The van der Waals surface area contributed by atoms with Gasteiger partial charge in [-0.15, -0.1) is 0 Å². The first kappa shape index (κ1) is 21.6. The Bertz CT molecular complexity index is 748. The van der Waals surface area contributed by atoms with Crippen molar-refractivity contribution in [1.29, 1.82) is 0 Å². The lowest BCUT2D eigenvalue weighted by Crippen LogP contribution is -2.52. The molecule has 0 saturated carbocycles. The van der Waals surface area contributed by atoms with Crippen LogP contribution in [0.1, 0.15) is 56.8 Å². The first-order valence-corrected chi connectivity index (χ1v) is 10.3. The smallest absolute Gasteiger partial charge is 0.251 e. The number of hydrogen-bond acceptors (Lipinski definition) is 4. The maximum atomic E-state index is 13.6. The van der Waals surface area contributed by atoms with Gasteiger partial charge in [-0.2, -0.15) is 0 Å². The zero-order valence-electron chi connectivity index (χ0n) is 17.8. The molecular formula is C22H32FN3O3. The average molecular weight is 406 g/mol. The van der Waals surface area contributed by atoms with E-state index in [0.717, 1.165) is 25.7 Å². The van der Waals surface area contributed by atoms with Gasteiger partial charge in [0.1, 0.15) is 11.6 Å². The number of carbonyl (C=O) groups excluding carboxylic acids is 2. The van der Waals surface area contributed by atoms with Gasteiger partial charge < -0.3 is 15.4 Å². The standard InChI is InChI=1S/C22H32FN3O3/c1-22(2,3)25-20(27)13-26-17-5-6-18(26)8-14(7-17)12-24-21(28)15-9-16(23)11-19(10-15)29-4/h9-11,14,17-18H,5-8,12-13H2,1-4H3,(H,24,28)(H,25,27)/t14?,17-,18+. The number of hydrogen-bond donors (Lipinski definition) is 2. The van der Waals surface area contributed by atoms with Crippen molar-refractivity contribution < 1.29 is 18.7 Å². The van der Waals surface area contributed by atoms with E-state index in [-0.39, 0.29) is 22.9 Å². The molecule has 160 valence electrons. The minimum absolute atomic E-state index is 0.0706. The fourth-order valence-electron chi connectivity index (χ4n) is 4.59. The molecule has 1 aromatic rings. The SMILES string of the molecule is COc1cc(F)cc(C(=O)NCC2C[C@H]3CC[C@@H](C2)N3CC(=O)NC(C)(C)C)c1. The van der Waals surface area contributed by atoms with Crippen LogP contribution in [0.3, 0.4) is 0 Å². The summed E-state index contributed by atoms with van der Waals surface area (Å²) in [5, 5.41) is 5.98. The molecule has 0 aromatic heterocycles. The van der Waals surface area contributed by atoms with Crippen molar-refractivity contribution in [3.8, 4) is 5.75 Å². The Kier molecular flexibility index (Phi) is 6.46. The van der Waals surface area contributed by atoms with Gasteiger partial charge in [0.15, 0.2) is 0 Å². The van der Waals surface area contributed by atoms with E-state index >= 15 is 0 Å². The fraction of sp³-hybridized carbons (Fsp3) is 0.636. The molecule has 2 saturated heterocycles. The summed E-state index contributed by atoms with van der Waals surface area (Å²) in [5.41, 5.74) is 0.0410. The second-order valence-electron chi connectivity index (χ2n) is 9.28. The number of piperidine rings is 1. The van der Waals surface area contributed by atoms with E-state index in [9.17, 15) is 14.0 Å².